The van der Waals surface area contributed by atoms with Gasteiger partial charge in [0.25, 0.3) is 0 Å². The molecule has 31 heavy (non-hydrogen) atoms. The van der Waals surface area contributed by atoms with E-state index in [0.717, 1.165) is 17.7 Å². The summed E-state index contributed by atoms with van der Waals surface area (Å²) >= 11 is 0. The van der Waals surface area contributed by atoms with Crippen molar-refractivity contribution in [3.63, 3.8) is 0 Å². The molecule has 0 spiro atoms. The van der Waals surface area contributed by atoms with Gasteiger partial charge in [-0.2, -0.15) is 0 Å². The van der Waals surface area contributed by atoms with Crippen molar-refractivity contribution < 1.29 is 13.9 Å². The topological polar surface area (TPSA) is 54.5 Å². The third-order valence-corrected chi connectivity index (χ3v) is 6.13. The highest BCUT2D eigenvalue weighted by atomic mass is 19.1. The lowest BCUT2D eigenvalue weighted by molar-refractivity contribution is -0.126. The van der Waals surface area contributed by atoms with E-state index in [4.69, 9.17) is 4.74 Å². The van der Waals surface area contributed by atoms with Crippen LogP contribution in [-0.2, 0) is 24.2 Å². The SMILES string of the molecule is CN1Cc2ccccc2C[C@H]1C(=O)NC[C@H]1Cc2cc(F)cc(-c3cccnc3)c2O1. The van der Waals surface area contributed by atoms with E-state index in [1.165, 1.54) is 23.3 Å². The summed E-state index contributed by atoms with van der Waals surface area (Å²) in [6, 6.07) is 14.7. The van der Waals surface area contributed by atoms with Gasteiger partial charge in [-0.1, -0.05) is 30.3 Å². The number of benzene rings is 2. The van der Waals surface area contributed by atoms with E-state index in [1.807, 2.05) is 31.3 Å². The molecule has 1 amide bonds. The number of carbonyl (C=O) groups is 1. The van der Waals surface area contributed by atoms with Crippen LogP contribution in [-0.4, -0.2) is 41.5 Å². The lowest BCUT2D eigenvalue weighted by Crippen LogP contribution is -2.50. The van der Waals surface area contributed by atoms with Crippen molar-refractivity contribution in [1.29, 1.82) is 0 Å². The fourth-order valence-corrected chi connectivity index (χ4v) is 4.52. The molecular weight excluding hydrogens is 393 g/mol. The predicted octanol–water partition coefficient (Wildman–Crippen LogP) is 3.36. The van der Waals surface area contributed by atoms with Gasteiger partial charge in [-0.25, -0.2) is 4.39 Å². The first-order valence-electron chi connectivity index (χ1n) is 10.5. The number of halogens is 1. The molecule has 0 saturated heterocycles. The van der Waals surface area contributed by atoms with E-state index in [9.17, 15) is 9.18 Å². The standard InChI is InChI=1S/C25H24FN3O2/c1-29-15-18-6-3-2-5-16(18)11-23(29)25(30)28-14-21-10-19-9-20(26)12-22(24(19)31-21)17-7-4-8-27-13-17/h2-9,12-13,21,23H,10-11,14-15H2,1H3,(H,28,30)/t21-,23+/m1/s1. The molecule has 5 nitrogen and oxygen atoms in total. The van der Waals surface area contributed by atoms with Gasteiger partial charge in [0.2, 0.25) is 5.91 Å². The average Bonchev–Trinajstić information content (AvgIpc) is 3.19. The molecule has 5 rings (SSSR count). The fourth-order valence-electron chi connectivity index (χ4n) is 4.52. The quantitative estimate of drug-likeness (QED) is 0.707. The van der Waals surface area contributed by atoms with E-state index in [0.29, 0.717) is 30.7 Å². The number of rotatable bonds is 4. The van der Waals surface area contributed by atoms with Gasteiger partial charge in [-0.05, 0) is 42.8 Å². The molecule has 3 aromatic rings. The number of likely N-dealkylation sites (N-methyl/N-ethyl adjacent to an activating group) is 1. The number of hydrogen-bond acceptors (Lipinski definition) is 4. The Labute approximate surface area is 180 Å². The Kier molecular flexibility index (Phi) is 5.16. The normalized spacial score (nSPS) is 19.9. The molecule has 0 fully saturated rings. The number of carbonyl (C=O) groups excluding carboxylic acids is 1. The number of aromatic nitrogens is 1. The molecule has 0 radical (unpaired) electrons. The van der Waals surface area contributed by atoms with E-state index in [2.05, 4.69) is 27.3 Å². The molecule has 2 aliphatic heterocycles. The van der Waals surface area contributed by atoms with Crippen LogP contribution in [0.2, 0.25) is 0 Å². The average molecular weight is 417 g/mol. The van der Waals surface area contributed by atoms with Gasteiger partial charge in [0.1, 0.15) is 17.7 Å². The number of ether oxygens (including phenoxy) is 1. The maximum absolute atomic E-state index is 14.2. The van der Waals surface area contributed by atoms with E-state index in [-0.39, 0.29) is 23.9 Å². The van der Waals surface area contributed by atoms with Crippen molar-refractivity contribution in [1.82, 2.24) is 15.2 Å². The van der Waals surface area contributed by atoms with Gasteiger partial charge in [0, 0.05) is 42.0 Å². The van der Waals surface area contributed by atoms with Gasteiger partial charge in [-0.3, -0.25) is 14.7 Å². The number of nitrogens with one attached hydrogen (secondary N) is 1. The van der Waals surface area contributed by atoms with Crippen LogP contribution in [0.1, 0.15) is 16.7 Å². The summed E-state index contributed by atoms with van der Waals surface area (Å²) in [6.07, 6.45) is 4.41. The third-order valence-electron chi connectivity index (χ3n) is 6.13. The highest BCUT2D eigenvalue weighted by molar-refractivity contribution is 5.82. The van der Waals surface area contributed by atoms with Crippen LogP contribution >= 0.6 is 0 Å². The molecule has 0 unspecified atom stereocenters. The highest BCUT2D eigenvalue weighted by Crippen LogP contribution is 2.39. The summed E-state index contributed by atoms with van der Waals surface area (Å²) in [7, 11) is 1.98. The van der Waals surface area contributed by atoms with Crippen molar-refractivity contribution in [3.8, 4) is 16.9 Å². The second kappa shape index (κ2) is 8.12. The van der Waals surface area contributed by atoms with Crippen LogP contribution in [0.4, 0.5) is 4.39 Å². The maximum Gasteiger partial charge on any atom is 0.237 e. The zero-order valence-corrected chi connectivity index (χ0v) is 17.3. The largest absolute Gasteiger partial charge is 0.487 e. The predicted molar refractivity (Wildman–Crippen MR) is 116 cm³/mol. The monoisotopic (exact) mass is 417 g/mol. The van der Waals surface area contributed by atoms with Gasteiger partial charge in [0.05, 0.1) is 12.6 Å². The van der Waals surface area contributed by atoms with Crippen LogP contribution in [0, 0.1) is 5.82 Å². The van der Waals surface area contributed by atoms with Crippen LogP contribution in [0.5, 0.6) is 5.75 Å². The highest BCUT2D eigenvalue weighted by Gasteiger charge is 2.31. The number of pyridine rings is 1. The van der Waals surface area contributed by atoms with Crippen molar-refractivity contribution in [2.24, 2.45) is 0 Å². The number of nitrogens with zero attached hydrogens (tertiary/aromatic N) is 2. The van der Waals surface area contributed by atoms with Crippen LogP contribution in [0.15, 0.2) is 60.9 Å². The van der Waals surface area contributed by atoms with E-state index in [1.54, 1.807) is 12.4 Å². The lowest BCUT2D eigenvalue weighted by atomic mass is 9.94. The lowest BCUT2D eigenvalue weighted by Gasteiger charge is -2.33. The second-order valence-electron chi connectivity index (χ2n) is 8.28. The molecule has 2 aromatic carbocycles. The molecule has 0 saturated carbocycles. The Hall–Kier alpha value is -3.25. The van der Waals surface area contributed by atoms with E-state index >= 15 is 0 Å². The van der Waals surface area contributed by atoms with Crippen LogP contribution in [0.25, 0.3) is 11.1 Å². The van der Waals surface area contributed by atoms with Crippen LogP contribution < -0.4 is 10.1 Å². The third kappa shape index (κ3) is 3.91. The first kappa shape index (κ1) is 19.7. The molecular formula is C25H24FN3O2. The second-order valence-corrected chi connectivity index (χ2v) is 8.28. The molecule has 6 heteroatoms. The molecule has 0 aliphatic carbocycles. The minimum absolute atomic E-state index is 0.00442. The molecule has 1 aromatic heterocycles. The van der Waals surface area contributed by atoms with Gasteiger partial charge in [0.15, 0.2) is 0 Å². The summed E-state index contributed by atoms with van der Waals surface area (Å²) in [4.78, 5) is 19.1. The van der Waals surface area contributed by atoms with Gasteiger partial charge >= 0.3 is 0 Å². The van der Waals surface area contributed by atoms with Gasteiger partial charge < -0.3 is 10.1 Å². The molecule has 0 bridgehead atoms. The minimum atomic E-state index is -0.298. The Morgan fingerprint density at radius 3 is 2.81 bits per heavy atom. The van der Waals surface area contributed by atoms with E-state index < -0.39 is 0 Å². The summed E-state index contributed by atoms with van der Waals surface area (Å²) in [5.41, 5.74) is 4.82. The maximum atomic E-state index is 14.2. The molecule has 158 valence electrons. The molecule has 2 aliphatic rings. The minimum Gasteiger partial charge on any atom is -0.487 e. The summed E-state index contributed by atoms with van der Waals surface area (Å²) in [5, 5.41) is 3.05. The van der Waals surface area contributed by atoms with Gasteiger partial charge in [-0.15, -0.1) is 0 Å². The summed E-state index contributed by atoms with van der Waals surface area (Å²) in [6.45, 7) is 1.14. The van der Waals surface area contributed by atoms with Crippen LogP contribution in [0.3, 0.4) is 0 Å². The summed E-state index contributed by atoms with van der Waals surface area (Å²) in [5.74, 6) is 0.376. The zero-order valence-electron chi connectivity index (χ0n) is 17.3. The fraction of sp³-hybridized carbons (Fsp3) is 0.280. The van der Waals surface area contributed by atoms with Crippen molar-refractivity contribution >= 4 is 5.91 Å². The zero-order chi connectivity index (χ0) is 21.4. The first-order valence-corrected chi connectivity index (χ1v) is 10.5. The molecule has 2 atom stereocenters. The number of amides is 1. The molecule has 1 N–H and O–H groups in total. The number of hydrogen-bond donors (Lipinski definition) is 1. The first-order chi connectivity index (χ1) is 15.1. The Morgan fingerprint density at radius 1 is 1.16 bits per heavy atom. The smallest absolute Gasteiger partial charge is 0.237 e. The van der Waals surface area contributed by atoms with Crippen molar-refractivity contribution in [2.45, 2.75) is 31.5 Å². The summed E-state index contributed by atoms with van der Waals surface area (Å²) < 4.78 is 20.4. The Morgan fingerprint density at radius 2 is 2.00 bits per heavy atom. The van der Waals surface area contributed by atoms with Crippen molar-refractivity contribution in [3.05, 3.63) is 83.4 Å². The Bertz CT molecular complexity index is 1120. The van der Waals surface area contributed by atoms with Crippen molar-refractivity contribution in [2.75, 3.05) is 13.6 Å². The Balaban J connectivity index is 1.26. The number of fused-ring (bicyclic) bond motifs is 2. The molecule has 3 heterocycles.